The Kier molecular flexibility index (Phi) is 7.85. The first kappa shape index (κ1) is 25.6. The van der Waals surface area contributed by atoms with Crippen LogP contribution < -0.4 is 10.2 Å². The van der Waals surface area contributed by atoms with Crippen LogP contribution in [-0.2, 0) is 6.54 Å². The normalized spacial score (nSPS) is 10.7. The van der Waals surface area contributed by atoms with Gasteiger partial charge in [-0.1, -0.05) is 40.9 Å². The van der Waals surface area contributed by atoms with Gasteiger partial charge in [-0.3, -0.25) is 4.79 Å². The van der Waals surface area contributed by atoms with Crippen LogP contribution in [0.15, 0.2) is 84.9 Å². The monoisotopic (exact) mass is 538 g/mol. The van der Waals surface area contributed by atoms with Gasteiger partial charge in [-0.25, -0.2) is 4.79 Å². The molecule has 0 aliphatic rings. The molecule has 0 heterocycles. The van der Waals surface area contributed by atoms with E-state index in [0.29, 0.717) is 32.9 Å². The number of anilines is 3. The van der Waals surface area contributed by atoms with Crippen molar-refractivity contribution in [3.05, 3.63) is 122 Å². The lowest BCUT2D eigenvalue weighted by molar-refractivity contribution is 0.0697. The molecule has 0 amide bonds. The molecule has 182 valence electrons. The van der Waals surface area contributed by atoms with Gasteiger partial charge < -0.3 is 15.3 Å². The summed E-state index contributed by atoms with van der Waals surface area (Å²) >= 11 is 18.2. The van der Waals surface area contributed by atoms with Crippen molar-refractivity contribution in [2.75, 3.05) is 17.3 Å². The second-order valence-electron chi connectivity index (χ2n) is 8.10. The highest BCUT2D eigenvalue weighted by atomic mass is 35.5. The van der Waals surface area contributed by atoms with E-state index < -0.39 is 5.97 Å². The van der Waals surface area contributed by atoms with E-state index in [1.165, 1.54) is 12.1 Å². The highest BCUT2D eigenvalue weighted by Crippen LogP contribution is 2.27. The Labute approximate surface area is 223 Å². The largest absolute Gasteiger partial charge is 0.478 e. The minimum absolute atomic E-state index is 0.00430. The molecule has 0 unspecified atom stereocenters. The van der Waals surface area contributed by atoms with E-state index in [9.17, 15) is 14.7 Å². The van der Waals surface area contributed by atoms with Gasteiger partial charge in [0.2, 0.25) is 0 Å². The fourth-order valence-corrected chi connectivity index (χ4v) is 4.26. The summed E-state index contributed by atoms with van der Waals surface area (Å²) in [4.78, 5) is 26.9. The molecule has 8 heteroatoms. The van der Waals surface area contributed by atoms with Crippen molar-refractivity contribution in [1.82, 2.24) is 0 Å². The molecule has 0 fully saturated rings. The van der Waals surface area contributed by atoms with Gasteiger partial charge in [-0.05, 0) is 84.4 Å². The van der Waals surface area contributed by atoms with Crippen LogP contribution in [0.25, 0.3) is 0 Å². The number of nitrogens with zero attached hydrogens (tertiary/aromatic N) is 1. The Hall–Kier alpha value is -3.51. The minimum atomic E-state index is -1.13. The number of carboxylic acids is 1. The second kappa shape index (κ2) is 11.0. The molecule has 4 rings (SSSR count). The quantitative estimate of drug-likeness (QED) is 0.222. The van der Waals surface area contributed by atoms with Crippen molar-refractivity contribution >= 4 is 63.6 Å². The molecule has 36 heavy (non-hydrogen) atoms. The molecule has 0 saturated heterocycles. The first-order chi connectivity index (χ1) is 17.2. The zero-order valence-electron chi connectivity index (χ0n) is 19.1. The Morgan fingerprint density at radius 2 is 1.33 bits per heavy atom. The summed E-state index contributed by atoms with van der Waals surface area (Å²) in [5.41, 5.74) is 3.82. The highest BCUT2D eigenvalue weighted by molar-refractivity contribution is 6.35. The zero-order valence-corrected chi connectivity index (χ0v) is 21.4. The number of nitrogens with one attached hydrogen (secondary N) is 1. The van der Waals surface area contributed by atoms with E-state index in [4.69, 9.17) is 34.8 Å². The van der Waals surface area contributed by atoms with Gasteiger partial charge in [-0.15, -0.1) is 0 Å². The van der Waals surface area contributed by atoms with Crippen LogP contribution in [0.1, 0.15) is 31.8 Å². The third-order valence-corrected chi connectivity index (χ3v) is 6.51. The fourth-order valence-electron chi connectivity index (χ4n) is 3.66. The van der Waals surface area contributed by atoms with Gasteiger partial charge in [-0.2, -0.15) is 0 Å². The molecule has 0 aliphatic heterocycles. The first-order valence-corrected chi connectivity index (χ1v) is 12.0. The number of ketones is 1. The summed E-state index contributed by atoms with van der Waals surface area (Å²) in [5, 5.41) is 14.4. The number of hydrogen-bond donors (Lipinski definition) is 2. The molecule has 0 bridgehead atoms. The average Bonchev–Trinajstić information content (AvgIpc) is 2.87. The van der Waals surface area contributed by atoms with E-state index in [0.717, 1.165) is 16.9 Å². The molecule has 5 nitrogen and oxygen atoms in total. The van der Waals surface area contributed by atoms with Crippen LogP contribution >= 0.6 is 34.8 Å². The molecule has 0 spiro atoms. The van der Waals surface area contributed by atoms with Crippen molar-refractivity contribution in [2.45, 2.75) is 6.54 Å². The fraction of sp³-hybridized carbons (Fsp3) is 0.0714. The maximum atomic E-state index is 13.2. The molecule has 0 saturated carbocycles. The summed E-state index contributed by atoms with van der Waals surface area (Å²) in [5.74, 6) is -1.41. The number of halogens is 3. The second-order valence-corrected chi connectivity index (χ2v) is 9.38. The first-order valence-electron chi connectivity index (χ1n) is 10.9. The molecular weight excluding hydrogens is 519 g/mol. The zero-order chi connectivity index (χ0) is 25.8. The van der Waals surface area contributed by atoms with Crippen LogP contribution in [0.2, 0.25) is 15.1 Å². The molecule has 0 aromatic heterocycles. The Bertz CT molecular complexity index is 1420. The molecule has 0 atom stereocenters. The van der Waals surface area contributed by atoms with Gasteiger partial charge in [0.1, 0.15) is 0 Å². The van der Waals surface area contributed by atoms with E-state index in [1.807, 2.05) is 48.3 Å². The number of carboxylic acid groups (broad SMARTS) is 1. The van der Waals surface area contributed by atoms with E-state index in [1.54, 1.807) is 36.4 Å². The van der Waals surface area contributed by atoms with Crippen LogP contribution in [0.5, 0.6) is 0 Å². The summed E-state index contributed by atoms with van der Waals surface area (Å²) in [6.07, 6.45) is 0. The van der Waals surface area contributed by atoms with Gasteiger partial charge >= 0.3 is 5.97 Å². The molecule has 0 aliphatic carbocycles. The lowest BCUT2D eigenvalue weighted by Crippen LogP contribution is -2.10. The van der Waals surface area contributed by atoms with Crippen LogP contribution in [-0.4, -0.2) is 23.9 Å². The van der Waals surface area contributed by atoms with Crippen molar-refractivity contribution in [3.8, 4) is 0 Å². The van der Waals surface area contributed by atoms with Gasteiger partial charge in [0, 0.05) is 56.8 Å². The predicted octanol–water partition coefficient (Wildman–Crippen LogP) is 7.96. The standard InChI is InChI=1S/C28H21Cl3N2O3/c1-33(25-10-6-21(29)7-11-25)24-8-3-17(4-9-24)27(34)19-12-20(28(35)36)14-23(13-19)32-16-18-2-5-22(30)15-26(18)31/h2-15,32H,16H2,1H3,(H,35,36). The SMILES string of the molecule is CN(c1ccc(Cl)cc1)c1ccc(C(=O)c2cc(NCc3ccc(Cl)cc3Cl)cc(C(=O)O)c2)cc1. The molecule has 0 radical (unpaired) electrons. The van der Waals surface area contributed by atoms with E-state index in [2.05, 4.69) is 5.32 Å². The maximum absolute atomic E-state index is 13.2. The van der Waals surface area contributed by atoms with Crippen molar-refractivity contribution in [1.29, 1.82) is 0 Å². The number of hydrogen-bond acceptors (Lipinski definition) is 4. The van der Waals surface area contributed by atoms with Gasteiger partial charge in [0.25, 0.3) is 0 Å². The van der Waals surface area contributed by atoms with Crippen LogP contribution in [0.4, 0.5) is 17.1 Å². The number of carbonyl (C=O) groups is 2. The number of benzene rings is 4. The Balaban J connectivity index is 1.56. The maximum Gasteiger partial charge on any atom is 0.335 e. The molecule has 4 aromatic rings. The molecule has 2 N–H and O–H groups in total. The lowest BCUT2D eigenvalue weighted by atomic mass is 10.00. The third kappa shape index (κ3) is 6.00. The minimum Gasteiger partial charge on any atom is -0.478 e. The smallest absolute Gasteiger partial charge is 0.335 e. The third-order valence-electron chi connectivity index (χ3n) is 5.67. The van der Waals surface area contributed by atoms with Crippen molar-refractivity contribution < 1.29 is 14.7 Å². The summed E-state index contributed by atoms with van der Waals surface area (Å²) in [6, 6.07) is 24.2. The topological polar surface area (TPSA) is 69.6 Å². The van der Waals surface area contributed by atoms with Gasteiger partial charge in [0.05, 0.1) is 5.56 Å². The number of aromatic carboxylic acids is 1. The van der Waals surface area contributed by atoms with Crippen LogP contribution in [0.3, 0.4) is 0 Å². The summed E-state index contributed by atoms with van der Waals surface area (Å²) < 4.78 is 0. The van der Waals surface area contributed by atoms with Gasteiger partial charge in [0.15, 0.2) is 5.78 Å². The predicted molar refractivity (Wildman–Crippen MR) is 147 cm³/mol. The van der Waals surface area contributed by atoms with Crippen molar-refractivity contribution in [2.24, 2.45) is 0 Å². The lowest BCUT2D eigenvalue weighted by Gasteiger charge is -2.20. The van der Waals surface area contributed by atoms with E-state index >= 15 is 0 Å². The average molecular weight is 540 g/mol. The van der Waals surface area contributed by atoms with Crippen molar-refractivity contribution in [3.63, 3.8) is 0 Å². The highest BCUT2D eigenvalue weighted by Gasteiger charge is 2.15. The molecule has 4 aromatic carbocycles. The van der Waals surface area contributed by atoms with Crippen LogP contribution in [0, 0.1) is 0 Å². The van der Waals surface area contributed by atoms with E-state index in [-0.39, 0.29) is 16.9 Å². The number of carbonyl (C=O) groups excluding carboxylic acids is 1. The Morgan fingerprint density at radius 3 is 1.94 bits per heavy atom. The Morgan fingerprint density at radius 1 is 0.750 bits per heavy atom. The summed E-state index contributed by atoms with van der Waals surface area (Å²) in [7, 11) is 1.92. The summed E-state index contributed by atoms with van der Waals surface area (Å²) in [6.45, 7) is 0.332. The number of rotatable bonds is 8. The molecular formula is C28H21Cl3N2O3.